The summed E-state index contributed by atoms with van der Waals surface area (Å²) in [5, 5.41) is 2.86. The van der Waals surface area contributed by atoms with Crippen molar-refractivity contribution in [3.63, 3.8) is 0 Å². The Morgan fingerprint density at radius 3 is 2.73 bits per heavy atom. The number of hydrogen-bond donors (Lipinski definition) is 1. The minimum Gasteiger partial charge on any atom is -0.321 e. The van der Waals surface area contributed by atoms with E-state index in [0.29, 0.717) is 5.69 Å². The number of benzene rings is 1. The first-order chi connectivity index (χ1) is 12.7. The van der Waals surface area contributed by atoms with Crippen molar-refractivity contribution >= 4 is 11.6 Å². The summed E-state index contributed by atoms with van der Waals surface area (Å²) in [7, 11) is 0. The van der Waals surface area contributed by atoms with Crippen molar-refractivity contribution in [1.82, 2.24) is 14.9 Å². The Morgan fingerprint density at radius 1 is 1.27 bits per heavy atom. The third kappa shape index (κ3) is 4.88. The summed E-state index contributed by atoms with van der Waals surface area (Å²) in [4.78, 5) is 22.6. The van der Waals surface area contributed by atoms with E-state index in [0.717, 1.165) is 23.9 Å². The van der Waals surface area contributed by atoms with E-state index in [1.807, 2.05) is 12.1 Å². The number of nitrogens with zero attached hydrogens (tertiary/aromatic N) is 3. The molecule has 0 aliphatic carbocycles. The number of piperidine rings is 1. The van der Waals surface area contributed by atoms with Crippen LogP contribution in [0.1, 0.15) is 42.7 Å². The van der Waals surface area contributed by atoms with Crippen molar-refractivity contribution in [1.29, 1.82) is 0 Å². The van der Waals surface area contributed by atoms with Gasteiger partial charge in [0.05, 0.1) is 6.20 Å². The molecule has 1 amide bonds. The quantitative estimate of drug-likeness (QED) is 0.862. The van der Waals surface area contributed by atoms with E-state index >= 15 is 0 Å². The van der Waals surface area contributed by atoms with Crippen LogP contribution in [0.4, 0.5) is 5.69 Å². The molecule has 1 aliphatic heterocycles. The zero-order valence-electron chi connectivity index (χ0n) is 15.7. The van der Waals surface area contributed by atoms with E-state index in [2.05, 4.69) is 46.2 Å². The monoisotopic (exact) mass is 352 g/mol. The van der Waals surface area contributed by atoms with Crippen LogP contribution in [0.15, 0.2) is 42.9 Å². The van der Waals surface area contributed by atoms with Crippen molar-refractivity contribution in [3.05, 3.63) is 54.1 Å². The lowest BCUT2D eigenvalue weighted by Gasteiger charge is -2.36. The Hall–Kier alpha value is -2.27. The van der Waals surface area contributed by atoms with Crippen LogP contribution in [0, 0.1) is 11.8 Å². The maximum atomic E-state index is 12.1. The molecule has 1 aromatic heterocycles. The number of amides is 1. The first-order valence-electron chi connectivity index (χ1n) is 9.54. The topological polar surface area (TPSA) is 58.1 Å². The van der Waals surface area contributed by atoms with E-state index in [9.17, 15) is 4.79 Å². The largest absolute Gasteiger partial charge is 0.321 e. The first-order valence-corrected chi connectivity index (χ1v) is 9.54. The fourth-order valence-electron chi connectivity index (χ4n) is 3.71. The molecule has 1 aromatic carbocycles. The molecule has 0 radical (unpaired) electrons. The Labute approximate surface area is 155 Å². The third-order valence-corrected chi connectivity index (χ3v) is 5.43. The molecule has 1 N–H and O–H groups in total. The number of carbonyl (C=O) groups is 1. The maximum absolute atomic E-state index is 12.1. The number of aromatic nitrogens is 2. The third-order valence-electron chi connectivity index (χ3n) is 5.43. The molecule has 5 nitrogen and oxygen atoms in total. The number of likely N-dealkylation sites (tertiary alicyclic amines) is 1. The van der Waals surface area contributed by atoms with Gasteiger partial charge in [0.1, 0.15) is 5.69 Å². The number of anilines is 1. The maximum Gasteiger partial charge on any atom is 0.275 e. The van der Waals surface area contributed by atoms with Gasteiger partial charge >= 0.3 is 0 Å². The summed E-state index contributed by atoms with van der Waals surface area (Å²) in [6, 6.07) is 8.15. The number of carbonyl (C=O) groups excluding carboxylic acids is 1. The van der Waals surface area contributed by atoms with Crippen molar-refractivity contribution in [2.24, 2.45) is 11.8 Å². The number of rotatable bonds is 6. The normalized spacial score (nSPS) is 20.7. The second-order valence-electron chi connectivity index (χ2n) is 7.20. The van der Waals surface area contributed by atoms with Gasteiger partial charge in [0.2, 0.25) is 0 Å². The van der Waals surface area contributed by atoms with Crippen LogP contribution in [-0.2, 0) is 6.42 Å². The lowest BCUT2D eigenvalue weighted by Crippen LogP contribution is -2.39. The van der Waals surface area contributed by atoms with E-state index in [1.54, 1.807) is 6.20 Å². The van der Waals surface area contributed by atoms with Gasteiger partial charge in [0, 0.05) is 24.6 Å². The summed E-state index contributed by atoms with van der Waals surface area (Å²) < 4.78 is 0. The Kier molecular flexibility index (Phi) is 6.34. The Morgan fingerprint density at radius 2 is 2.08 bits per heavy atom. The summed E-state index contributed by atoms with van der Waals surface area (Å²) in [5.74, 6) is 1.35. The van der Waals surface area contributed by atoms with Gasteiger partial charge in [-0.1, -0.05) is 26.0 Å². The molecule has 2 heterocycles. The Balaban J connectivity index is 1.49. The van der Waals surface area contributed by atoms with E-state index < -0.39 is 0 Å². The summed E-state index contributed by atoms with van der Waals surface area (Å²) in [6.07, 6.45) is 8.18. The second-order valence-corrected chi connectivity index (χ2v) is 7.20. The molecule has 26 heavy (non-hydrogen) atoms. The van der Waals surface area contributed by atoms with E-state index in [4.69, 9.17) is 0 Å². The lowest BCUT2D eigenvalue weighted by atomic mass is 9.83. The molecule has 2 aromatic rings. The minimum atomic E-state index is -0.234. The average molecular weight is 352 g/mol. The van der Waals surface area contributed by atoms with Gasteiger partial charge in [-0.25, -0.2) is 4.98 Å². The van der Waals surface area contributed by atoms with Crippen LogP contribution in [0.2, 0.25) is 0 Å². The number of aryl methyl sites for hydroxylation is 1. The zero-order valence-corrected chi connectivity index (χ0v) is 15.7. The summed E-state index contributed by atoms with van der Waals surface area (Å²) >= 11 is 0. The molecule has 0 unspecified atom stereocenters. The van der Waals surface area contributed by atoms with Crippen LogP contribution in [0.25, 0.3) is 0 Å². The number of hydrogen-bond acceptors (Lipinski definition) is 4. The summed E-state index contributed by atoms with van der Waals surface area (Å²) in [6.45, 7) is 8.27. The molecule has 5 heteroatoms. The van der Waals surface area contributed by atoms with Crippen LogP contribution < -0.4 is 5.32 Å². The molecule has 0 saturated carbocycles. The average Bonchev–Trinajstić information content (AvgIpc) is 2.68. The first kappa shape index (κ1) is 18.5. The predicted octanol–water partition coefficient (Wildman–Crippen LogP) is 3.64. The smallest absolute Gasteiger partial charge is 0.275 e. The fourth-order valence-corrected chi connectivity index (χ4v) is 3.71. The van der Waals surface area contributed by atoms with Crippen LogP contribution >= 0.6 is 0 Å². The standard InChI is InChI=1S/C21H28N4O/c1-3-25-13-10-18(16(2)15-25)7-4-17-5-8-19(9-6-17)24-21(26)20-14-22-11-12-23-20/h5-6,8-9,11-12,14,16,18H,3-4,7,10,13,15H2,1-2H3,(H,24,26)/t16-,18-/m0/s1. The molecule has 1 fully saturated rings. The van der Waals surface area contributed by atoms with Crippen LogP contribution in [0.3, 0.4) is 0 Å². The van der Waals surface area contributed by atoms with Gasteiger partial charge in [0.25, 0.3) is 5.91 Å². The van der Waals surface area contributed by atoms with E-state index in [-0.39, 0.29) is 5.91 Å². The molecule has 1 saturated heterocycles. The second kappa shape index (κ2) is 8.90. The molecule has 138 valence electrons. The molecule has 3 rings (SSSR count). The van der Waals surface area contributed by atoms with Gasteiger partial charge < -0.3 is 10.2 Å². The highest BCUT2D eigenvalue weighted by Gasteiger charge is 2.24. The van der Waals surface area contributed by atoms with Gasteiger partial charge in [-0.3, -0.25) is 9.78 Å². The highest BCUT2D eigenvalue weighted by Crippen LogP contribution is 2.27. The highest BCUT2D eigenvalue weighted by atomic mass is 16.1. The van der Waals surface area contributed by atoms with Gasteiger partial charge in [-0.15, -0.1) is 0 Å². The molecular weight excluding hydrogens is 324 g/mol. The van der Waals surface area contributed by atoms with Crippen LogP contribution in [0.5, 0.6) is 0 Å². The van der Waals surface area contributed by atoms with Crippen LogP contribution in [-0.4, -0.2) is 40.4 Å². The SMILES string of the molecule is CCN1CC[C@H](CCc2ccc(NC(=O)c3cnccn3)cc2)[C@@H](C)C1. The molecule has 2 atom stereocenters. The molecule has 0 spiro atoms. The number of nitrogens with one attached hydrogen (secondary N) is 1. The van der Waals surface area contributed by atoms with Gasteiger partial charge in [-0.05, 0) is 61.9 Å². The van der Waals surface area contributed by atoms with Crippen molar-refractivity contribution in [3.8, 4) is 0 Å². The zero-order chi connectivity index (χ0) is 18.4. The Bertz CT molecular complexity index is 702. The van der Waals surface area contributed by atoms with Crippen molar-refractivity contribution in [2.45, 2.75) is 33.1 Å². The fraction of sp³-hybridized carbons (Fsp3) is 0.476. The van der Waals surface area contributed by atoms with Crippen molar-refractivity contribution in [2.75, 3.05) is 25.0 Å². The molecular formula is C21H28N4O. The highest BCUT2D eigenvalue weighted by molar-refractivity contribution is 6.02. The summed E-state index contributed by atoms with van der Waals surface area (Å²) in [5.41, 5.74) is 2.44. The van der Waals surface area contributed by atoms with Crippen molar-refractivity contribution < 1.29 is 4.79 Å². The predicted molar refractivity (Wildman–Crippen MR) is 104 cm³/mol. The van der Waals surface area contributed by atoms with E-state index in [1.165, 1.54) is 50.4 Å². The van der Waals surface area contributed by atoms with Gasteiger partial charge in [-0.2, -0.15) is 0 Å². The molecule has 0 bridgehead atoms. The minimum absolute atomic E-state index is 0.234. The molecule has 1 aliphatic rings. The lowest BCUT2D eigenvalue weighted by molar-refractivity contribution is 0.102. The van der Waals surface area contributed by atoms with Gasteiger partial charge in [0.15, 0.2) is 0 Å².